The second-order valence-corrected chi connectivity index (χ2v) is 4.74. The molecule has 19 heavy (non-hydrogen) atoms. The lowest BCUT2D eigenvalue weighted by molar-refractivity contribution is 0.0551. The molecule has 0 heterocycles. The lowest BCUT2D eigenvalue weighted by Crippen LogP contribution is -2.12. The van der Waals surface area contributed by atoms with Crippen LogP contribution in [0.15, 0.2) is 36.4 Å². The molecule has 2 rings (SSSR count). The van der Waals surface area contributed by atoms with Gasteiger partial charge in [0.15, 0.2) is 0 Å². The van der Waals surface area contributed by atoms with E-state index in [4.69, 9.17) is 15.2 Å². The van der Waals surface area contributed by atoms with Crippen molar-refractivity contribution in [2.45, 2.75) is 26.5 Å². The molecule has 0 bridgehead atoms. The quantitative estimate of drug-likeness (QED) is 0.811. The minimum Gasteiger partial charge on any atom is -0.491 e. The Morgan fingerprint density at radius 3 is 2.58 bits per heavy atom. The van der Waals surface area contributed by atoms with Gasteiger partial charge in [0.05, 0.1) is 12.7 Å². The molecule has 0 amide bonds. The van der Waals surface area contributed by atoms with Gasteiger partial charge in [-0.15, -0.1) is 0 Å². The molecule has 0 aromatic heterocycles. The first kappa shape index (κ1) is 13.8. The topological polar surface area (TPSA) is 44.5 Å². The fourth-order valence-electron chi connectivity index (χ4n) is 2.10. The lowest BCUT2D eigenvalue weighted by atomic mass is 10.0. The van der Waals surface area contributed by atoms with E-state index in [-0.39, 0.29) is 6.10 Å². The van der Waals surface area contributed by atoms with Crippen molar-refractivity contribution in [1.82, 2.24) is 0 Å². The molecule has 0 aliphatic heterocycles. The van der Waals surface area contributed by atoms with Gasteiger partial charge in [0.25, 0.3) is 0 Å². The highest BCUT2D eigenvalue weighted by Gasteiger charge is 2.07. The first-order valence-electron chi connectivity index (χ1n) is 6.67. The van der Waals surface area contributed by atoms with E-state index in [0.29, 0.717) is 19.8 Å². The van der Waals surface area contributed by atoms with Crippen molar-refractivity contribution in [2.24, 2.45) is 5.73 Å². The highest BCUT2D eigenvalue weighted by atomic mass is 16.5. The minimum absolute atomic E-state index is 0.231. The molecule has 102 valence electrons. The number of nitrogens with two attached hydrogens (primary N) is 1. The zero-order valence-corrected chi connectivity index (χ0v) is 11.6. The summed E-state index contributed by atoms with van der Waals surface area (Å²) in [6, 6.07) is 12.3. The van der Waals surface area contributed by atoms with E-state index < -0.39 is 0 Å². The van der Waals surface area contributed by atoms with E-state index in [1.807, 2.05) is 32.0 Å². The maximum absolute atomic E-state index is 5.86. The maximum Gasteiger partial charge on any atom is 0.124 e. The van der Waals surface area contributed by atoms with Crippen molar-refractivity contribution >= 4 is 10.8 Å². The van der Waals surface area contributed by atoms with Crippen LogP contribution >= 0.6 is 0 Å². The van der Waals surface area contributed by atoms with Gasteiger partial charge < -0.3 is 15.2 Å². The molecule has 0 fully saturated rings. The average molecular weight is 259 g/mol. The van der Waals surface area contributed by atoms with Crippen LogP contribution < -0.4 is 10.5 Å². The van der Waals surface area contributed by atoms with Crippen LogP contribution in [0, 0.1) is 0 Å². The van der Waals surface area contributed by atoms with Gasteiger partial charge in [-0.05, 0) is 30.7 Å². The summed E-state index contributed by atoms with van der Waals surface area (Å²) in [5.41, 5.74) is 6.92. The first-order chi connectivity index (χ1) is 9.22. The van der Waals surface area contributed by atoms with Crippen LogP contribution in [0.3, 0.4) is 0 Å². The Hall–Kier alpha value is -1.58. The summed E-state index contributed by atoms with van der Waals surface area (Å²) in [4.78, 5) is 0. The molecule has 0 radical (unpaired) electrons. The third kappa shape index (κ3) is 3.46. The number of hydrogen-bond acceptors (Lipinski definition) is 3. The molecule has 2 aromatic carbocycles. The Balaban J connectivity index is 2.14. The van der Waals surface area contributed by atoms with Crippen molar-refractivity contribution in [3.8, 4) is 5.75 Å². The highest BCUT2D eigenvalue weighted by molar-refractivity contribution is 5.87. The second-order valence-electron chi connectivity index (χ2n) is 4.74. The fraction of sp³-hybridized carbons (Fsp3) is 0.375. The van der Waals surface area contributed by atoms with E-state index in [2.05, 4.69) is 18.2 Å². The van der Waals surface area contributed by atoms with Gasteiger partial charge >= 0.3 is 0 Å². The largest absolute Gasteiger partial charge is 0.491 e. The van der Waals surface area contributed by atoms with Gasteiger partial charge in [0, 0.05) is 12.1 Å². The Morgan fingerprint density at radius 1 is 1.05 bits per heavy atom. The molecule has 2 aromatic rings. The predicted octanol–water partition coefficient (Wildman–Crippen LogP) is 3.10. The molecule has 0 saturated heterocycles. The van der Waals surface area contributed by atoms with E-state index in [1.54, 1.807) is 0 Å². The number of fused-ring (bicyclic) bond motifs is 1. The van der Waals surface area contributed by atoms with E-state index >= 15 is 0 Å². The van der Waals surface area contributed by atoms with Crippen molar-refractivity contribution < 1.29 is 9.47 Å². The summed E-state index contributed by atoms with van der Waals surface area (Å²) in [5.74, 6) is 0.855. The molecule has 2 N–H and O–H groups in total. The first-order valence-corrected chi connectivity index (χ1v) is 6.67. The van der Waals surface area contributed by atoms with Crippen molar-refractivity contribution in [3.63, 3.8) is 0 Å². The number of ether oxygens (including phenoxy) is 2. The van der Waals surface area contributed by atoms with Gasteiger partial charge in [-0.3, -0.25) is 0 Å². The predicted molar refractivity (Wildman–Crippen MR) is 78.4 cm³/mol. The van der Waals surface area contributed by atoms with Gasteiger partial charge in [-0.1, -0.05) is 30.3 Å². The van der Waals surface area contributed by atoms with Crippen LogP contribution in [0.4, 0.5) is 0 Å². The zero-order valence-electron chi connectivity index (χ0n) is 11.6. The monoisotopic (exact) mass is 259 g/mol. The van der Waals surface area contributed by atoms with Gasteiger partial charge in [0.1, 0.15) is 12.4 Å². The molecule has 3 heteroatoms. The summed E-state index contributed by atoms with van der Waals surface area (Å²) < 4.78 is 11.2. The zero-order chi connectivity index (χ0) is 13.7. The second kappa shape index (κ2) is 6.55. The lowest BCUT2D eigenvalue weighted by Gasteiger charge is -2.14. The molecule has 0 unspecified atom stereocenters. The van der Waals surface area contributed by atoms with Crippen LogP contribution in [0.2, 0.25) is 0 Å². The number of rotatable bonds is 6. The smallest absolute Gasteiger partial charge is 0.124 e. The normalized spacial score (nSPS) is 11.2. The van der Waals surface area contributed by atoms with Gasteiger partial charge in [-0.25, -0.2) is 0 Å². The summed E-state index contributed by atoms with van der Waals surface area (Å²) in [6.07, 6.45) is 0.231. The summed E-state index contributed by atoms with van der Waals surface area (Å²) >= 11 is 0. The summed E-state index contributed by atoms with van der Waals surface area (Å²) in [7, 11) is 0. The molecule has 0 atom stereocenters. The Kier molecular flexibility index (Phi) is 4.77. The highest BCUT2D eigenvalue weighted by Crippen LogP contribution is 2.27. The third-order valence-corrected chi connectivity index (χ3v) is 2.99. The average Bonchev–Trinajstić information content (AvgIpc) is 2.42. The van der Waals surface area contributed by atoms with Crippen LogP contribution in [0.5, 0.6) is 5.75 Å². The van der Waals surface area contributed by atoms with Gasteiger partial charge in [-0.2, -0.15) is 0 Å². The minimum atomic E-state index is 0.231. The van der Waals surface area contributed by atoms with Crippen LogP contribution in [0.25, 0.3) is 10.8 Å². The van der Waals surface area contributed by atoms with Crippen molar-refractivity contribution in [3.05, 3.63) is 42.0 Å². The Morgan fingerprint density at radius 2 is 1.84 bits per heavy atom. The van der Waals surface area contributed by atoms with Crippen LogP contribution in [-0.2, 0) is 11.3 Å². The maximum atomic E-state index is 5.86. The molecule has 0 saturated carbocycles. The third-order valence-electron chi connectivity index (χ3n) is 2.99. The van der Waals surface area contributed by atoms with E-state index in [1.165, 1.54) is 5.39 Å². The SMILES string of the molecule is CC(C)OCCOc1ccc2ccccc2c1CN. The Bertz CT molecular complexity index is 537. The van der Waals surface area contributed by atoms with E-state index in [9.17, 15) is 0 Å². The number of benzene rings is 2. The Labute approximate surface area is 114 Å². The molecule has 0 aliphatic carbocycles. The molecule has 0 spiro atoms. The summed E-state index contributed by atoms with van der Waals surface area (Å²) in [6.45, 7) is 5.64. The van der Waals surface area contributed by atoms with Crippen molar-refractivity contribution in [2.75, 3.05) is 13.2 Å². The summed E-state index contributed by atoms with van der Waals surface area (Å²) in [5, 5.41) is 2.35. The van der Waals surface area contributed by atoms with Crippen molar-refractivity contribution in [1.29, 1.82) is 0 Å². The van der Waals surface area contributed by atoms with E-state index in [0.717, 1.165) is 16.7 Å². The number of hydrogen-bond donors (Lipinski definition) is 1. The van der Waals surface area contributed by atoms with Crippen LogP contribution in [-0.4, -0.2) is 19.3 Å². The molecular formula is C16H21NO2. The fourth-order valence-corrected chi connectivity index (χ4v) is 2.10. The standard InChI is InChI=1S/C16H21NO2/c1-12(2)18-9-10-19-16-8-7-13-5-3-4-6-14(13)15(16)11-17/h3-8,12H,9-11,17H2,1-2H3. The molecule has 3 nitrogen and oxygen atoms in total. The van der Waals surface area contributed by atoms with Gasteiger partial charge in [0.2, 0.25) is 0 Å². The van der Waals surface area contributed by atoms with Crippen LogP contribution in [0.1, 0.15) is 19.4 Å². The molecule has 0 aliphatic rings. The molecular weight excluding hydrogens is 238 g/mol.